The third kappa shape index (κ3) is 3.70. The van der Waals surface area contributed by atoms with Crippen molar-refractivity contribution in [1.82, 2.24) is 5.32 Å². The van der Waals surface area contributed by atoms with E-state index in [2.05, 4.69) is 22.5 Å². The second-order valence-corrected chi connectivity index (χ2v) is 5.04. The summed E-state index contributed by atoms with van der Waals surface area (Å²) in [6.45, 7) is 2.41. The third-order valence-electron chi connectivity index (χ3n) is 2.86. The molecule has 0 bridgehead atoms. The summed E-state index contributed by atoms with van der Waals surface area (Å²) in [4.78, 5) is 12.0. The van der Waals surface area contributed by atoms with Crippen LogP contribution in [0.1, 0.15) is 27.0 Å². The Hall–Kier alpha value is -2.09. The summed E-state index contributed by atoms with van der Waals surface area (Å²) in [7, 11) is 0. The standard InChI is InChI=1S/C16H15NO2S/c1-12-10-20-11-15(12)9-17-16(19)14-6-4-13(5-7-14)3-2-8-18/h4-7,10-11,18H,8-9H2,1H3,(H,17,19). The molecule has 1 aromatic heterocycles. The van der Waals surface area contributed by atoms with E-state index in [1.807, 2.05) is 12.3 Å². The summed E-state index contributed by atoms with van der Waals surface area (Å²) >= 11 is 1.64. The first-order chi connectivity index (χ1) is 9.70. The third-order valence-corrected chi connectivity index (χ3v) is 3.77. The van der Waals surface area contributed by atoms with Crippen LogP contribution in [0.15, 0.2) is 35.0 Å². The highest BCUT2D eigenvalue weighted by molar-refractivity contribution is 7.08. The molecule has 0 saturated carbocycles. The number of nitrogens with one attached hydrogen (secondary N) is 1. The molecular weight excluding hydrogens is 270 g/mol. The van der Waals surface area contributed by atoms with Gasteiger partial charge in [-0.25, -0.2) is 0 Å². The number of carbonyl (C=O) groups is 1. The minimum Gasteiger partial charge on any atom is -0.384 e. The number of rotatable bonds is 3. The number of aliphatic hydroxyl groups is 1. The van der Waals surface area contributed by atoms with Gasteiger partial charge in [-0.2, -0.15) is 11.3 Å². The van der Waals surface area contributed by atoms with Gasteiger partial charge >= 0.3 is 0 Å². The van der Waals surface area contributed by atoms with Crippen LogP contribution in [-0.4, -0.2) is 17.6 Å². The minimum atomic E-state index is -0.164. The van der Waals surface area contributed by atoms with Crippen LogP contribution in [0, 0.1) is 18.8 Å². The molecule has 1 heterocycles. The molecule has 0 fully saturated rings. The predicted molar refractivity (Wildman–Crippen MR) is 80.6 cm³/mol. The fourth-order valence-electron chi connectivity index (χ4n) is 1.69. The number of hydrogen-bond acceptors (Lipinski definition) is 3. The van der Waals surface area contributed by atoms with Gasteiger partial charge in [0, 0.05) is 17.7 Å². The quantitative estimate of drug-likeness (QED) is 0.850. The Balaban J connectivity index is 1.97. The molecule has 0 saturated heterocycles. The van der Waals surface area contributed by atoms with Gasteiger partial charge in [0.1, 0.15) is 6.61 Å². The molecule has 0 unspecified atom stereocenters. The molecule has 2 N–H and O–H groups in total. The van der Waals surface area contributed by atoms with Gasteiger partial charge < -0.3 is 10.4 Å². The average Bonchev–Trinajstić information content (AvgIpc) is 2.88. The molecular formula is C16H15NO2S. The Labute approximate surface area is 122 Å². The molecule has 0 aliphatic rings. The maximum atomic E-state index is 12.0. The second kappa shape index (κ2) is 6.90. The van der Waals surface area contributed by atoms with Crippen molar-refractivity contribution in [2.45, 2.75) is 13.5 Å². The largest absolute Gasteiger partial charge is 0.384 e. The summed E-state index contributed by atoms with van der Waals surface area (Å²) < 4.78 is 0. The number of aryl methyl sites for hydroxylation is 1. The maximum absolute atomic E-state index is 12.0. The zero-order chi connectivity index (χ0) is 14.4. The first kappa shape index (κ1) is 14.3. The van der Waals surface area contributed by atoms with Crippen LogP contribution >= 0.6 is 11.3 Å². The number of aliphatic hydroxyl groups excluding tert-OH is 1. The van der Waals surface area contributed by atoms with E-state index in [4.69, 9.17) is 5.11 Å². The number of carbonyl (C=O) groups excluding carboxylic acids is 1. The molecule has 0 aliphatic carbocycles. The summed E-state index contributed by atoms with van der Waals surface area (Å²) in [5.74, 6) is 5.26. The van der Waals surface area contributed by atoms with Gasteiger partial charge in [-0.3, -0.25) is 4.79 Å². The number of amides is 1. The molecule has 1 amide bonds. The fourth-order valence-corrected chi connectivity index (χ4v) is 2.55. The second-order valence-electron chi connectivity index (χ2n) is 4.30. The zero-order valence-electron chi connectivity index (χ0n) is 11.1. The molecule has 102 valence electrons. The van der Waals surface area contributed by atoms with Crippen molar-refractivity contribution in [3.8, 4) is 11.8 Å². The fraction of sp³-hybridized carbons (Fsp3) is 0.188. The van der Waals surface area contributed by atoms with Crippen LogP contribution in [0.4, 0.5) is 0 Å². The van der Waals surface area contributed by atoms with E-state index in [-0.39, 0.29) is 12.5 Å². The normalized spacial score (nSPS) is 9.70. The summed E-state index contributed by atoms with van der Waals surface area (Å²) in [5.41, 5.74) is 3.73. The minimum absolute atomic E-state index is 0.0998. The first-order valence-electron chi connectivity index (χ1n) is 6.20. The molecule has 0 spiro atoms. The molecule has 2 aromatic rings. The van der Waals surface area contributed by atoms with Crippen molar-refractivity contribution in [3.63, 3.8) is 0 Å². The molecule has 4 heteroatoms. The van der Waals surface area contributed by atoms with Crippen molar-refractivity contribution >= 4 is 17.2 Å². The number of benzene rings is 1. The summed E-state index contributed by atoms with van der Waals surface area (Å²) in [5, 5.41) is 15.6. The van der Waals surface area contributed by atoms with Gasteiger partial charge in [0.15, 0.2) is 0 Å². The average molecular weight is 285 g/mol. The molecule has 0 atom stereocenters. The summed E-state index contributed by atoms with van der Waals surface area (Å²) in [6.07, 6.45) is 0. The van der Waals surface area contributed by atoms with E-state index >= 15 is 0 Å². The van der Waals surface area contributed by atoms with E-state index in [0.717, 1.165) is 11.1 Å². The topological polar surface area (TPSA) is 49.3 Å². The SMILES string of the molecule is Cc1cscc1CNC(=O)c1ccc(C#CCO)cc1. The molecule has 0 radical (unpaired) electrons. The molecule has 1 aromatic carbocycles. The Bertz CT molecular complexity index is 647. The van der Waals surface area contributed by atoms with Crippen LogP contribution in [0.3, 0.4) is 0 Å². The lowest BCUT2D eigenvalue weighted by atomic mass is 10.1. The Morgan fingerprint density at radius 1 is 1.30 bits per heavy atom. The number of hydrogen-bond donors (Lipinski definition) is 2. The van der Waals surface area contributed by atoms with Crippen molar-refractivity contribution in [1.29, 1.82) is 0 Å². The van der Waals surface area contributed by atoms with E-state index in [1.165, 1.54) is 5.56 Å². The molecule has 0 aliphatic heterocycles. The van der Waals surface area contributed by atoms with Crippen LogP contribution in [-0.2, 0) is 6.54 Å². The molecule has 3 nitrogen and oxygen atoms in total. The highest BCUT2D eigenvalue weighted by Gasteiger charge is 2.06. The van der Waals surface area contributed by atoms with E-state index in [1.54, 1.807) is 35.6 Å². The van der Waals surface area contributed by atoms with E-state index in [9.17, 15) is 4.79 Å². The highest BCUT2D eigenvalue weighted by Crippen LogP contribution is 2.13. The van der Waals surface area contributed by atoms with Gasteiger partial charge in [0.05, 0.1) is 0 Å². The lowest BCUT2D eigenvalue weighted by molar-refractivity contribution is 0.0951. The van der Waals surface area contributed by atoms with Gasteiger partial charge in [0.25, 0.3) is 5.91 Å². The van der Waals surface area contributed by atoms with Crippen LogP contribution in [0.2, 0.25) is 0 Å². The van der Waals surface area contributed by atoms with Gasteiger partial charge in [0.2, 0.25) is 0 Å². The maximum Gasteiger partial charge on any atom is 0.251 e. The van der Waals surface area contributed by atoms with Gasteiger partial charge in [-0.1, -0.05) is 11.8 Å². The summed E-state index contributed by atoms with van der Waals surface area (Å²) in [6, 6.07) is 7.01. The van der Waals surface area contributed by atoms with E-state index in [0.29, 0.717) is 12.1 Å². The van der Waals surface area contributed by atoms with Crippen LogP contribution in [0.25, 0.3) is 0 Å². The van der Waals surface area contributed by atoms with Gasteiger partial charge in [-0.15, -0.1) is 0 Å². The Morgan fingerprint density at radius 3 is 2.65 bits per heavy atom. The van der Waals surface area contributed by atoms with Crippen molar-refractivity contribution in [2.24, 2.45) is 0 Å². The monoisotopic (exact) mass is 285 g/mol. The number of thiophene rings is 1. The van der Waals surface area contributed by atoms with Crippen molar-refractivity contribution in [2.75, 3.05) is 6.61 Å². The lowest BCUT2D eigenvalue weighted by Gasteiger charge is -2.05. The zero-order valence-corrected chi connectivity index (χ0v) is 12.0. The van der Waals surface area contributed by atoms with Gasteiger partial charge in [-0.05, 0) is 53.1 Å². The van der Waals surface area contributed by atoms with Crippen LogP contribution < -0.4 is 5.32 Å². The van der Waals surface area contributed by atoms with Crippen molar-refractivity contribution in [3.05, 3.63) is 57.3 Å². The Morgan fingerprint density at radius 2 is 2.05 bits per heavy atom. The van der Waals surface area contributed by atoms with Crippen LogP contribution in [0.5, 0.6) is 0 Å². The highest BCUT2D eigenvalue weighted by atomic mass is 32.1. The first-order valence-corrected chi connectivity index (χ1v) is 7.14. The lowest BCUT2D eigenvalue weighted by Crippen LogP contribution is -2.22. The molecule has 2 rings (SSSR count). The van der Waals surface area contributed by atoms with E-state index < -0.39 is 0 Å². The van der Waals surface area contributed by atoms with Crippen molar-refractivity contribution < 1.29 is 9.90 Å². The Kier molecular flexibility index (Phi) is 4.94. The predicted octanol–water partition coefficient (Wildman–Crippen LogP) is 2.33. The smallest absolute Gasteiger partial charge is 0.251 e. The molecule has 20 heavy (non-hydrogen) atoms.